The predicted octanol–water partition coefficient (Wildman–Crippen LogP) is 1.74. The van der Waals surface area contributed by atoms with Crippen LogP contribution in [0.15, 0.2) is 24.3 Å². The first-order chi connectivity index (χ1) is 11.1. The van der Waals surface area contributed by atoms with Gasteiger partial charge in [0.2, 0.25) is 0 Å². The molecule has 0 amide bonds. The average molecular weight is 322 g/mol. The number of anilines is 1. The summed E-state index contributed by atoms with van der Waals surface area (Å²) in [4.78, 5) is 4.53. The maximum Gasteiger partial charge on any atom is 0.0900 e. The highest BCUT2D eigenvalue weighted by Gasteiger charge is 2.16. The van der Waals surface area contributed by atoms with Crippen LogP contribution in [0.4, 0.5) is 5.69 Å². The number of aliphatic hydroxyl groups is 1. The van der Waals surface area contributed by atoms with E-state index in [0.717, 1.165) is 32.8 Å². The van der Waals surface area contributed by atoms with Crippen molar-refractivity contribution < 1.29 is 14.6 Å². The number of nitrogens with zero attached hydrogens (tertiary/aromatic N) is 2. The maximum atomic E-state index is 10.1. The Morgan fingerprint density at radius 3 is 2.65 bits per heavy atom. The molecule has 0 aromatic heterocycles. The number of hydrogen-bond donors (Lipinski definition) is 1. The van der Waals surface area contributed by atoms with Gasteiger partial charge in [0, 0.05) is 31.9 Å². The lowest BCUT2D eigenvalue weighted by Gasteiger charge is -2.31. The first-order valence-electron chi connectivity index (χ1n) is 8.45. The number of para-hydroxylation sites is 1. The molecule has 1 aliphatic rings. The molecule has 1 heterocycles. The minimum Gasteiger partial charge on any atom is -0.389 e. The van der Waals surface area contributed by atoms with Crippen molar-refractivity contribution in [1.82, 2.24) is 4.90 Å². The molecular formula is C18H30N2O3. The molecule has 2 rings (SSSR count). The molecule has 130 valence electrons. The fraction of sp³-hybridized carbons (Fsp3) is 0.667. The van der Waals surface area contributed by atoms with Gasteiger partial charge < -0.3 is 19.5 Å². The topological polar surface area (TPSA) is 45.2 Å². The Bertz CT molecular complexity index is 461. The second-order valence-corrected chi connectivity index (χ2v) is 6.46. The van der Waals surface area contributed by atoms with Gasteiger partial charge in [0.1, 0.15) is 0 Å². The van der Waals surface area contributed by atoms with E-state index in [0.29, 0.717) is 13.2 Å². The fourth-order valence-electron chi connectivity index (χ4n) is 2.83. The van der Waals surface area contributed by atoms with Crippen LogP contribution in [0.5, 0.6) is 0 Å². The molecule has 0 aliphatic carbocycles. The van der Waals surface area contributed by atoms with E-state index in [1.807, 2.05) is 20.9 Å². The van der Waals surface area contributed by atoms with Crippen LogP contribution in [-0.2, 0) is 16.0 Å². The highest BCUT2D eigenvalue weighted by molar-refractivity contribution is 5.53. The fourth-order valence-corrected chi connectivity index (χ4v) is 2.83. The lowest BCUT2D eigenvalue weighted by atomic mass is 10.1. The monoisotopic (exact) mass is 322 g/mol. The Morgan fingerprint density at radius 2 is 1.96 bits per heavy atom. The summed E-state index contributed by atoms with van der Waals surface area (Å²) in [5.74, 6) is 0. The number of rotatable bonds is 8. The number of morpholine rings is 1. The summed E-state index contributed by atoms with van der Waals surface area (Å²) in [7, 11) is 2.04. The first-order valence-corrected chi connectivity index (χ1v) is 8.45. The Labute approximate surface area is 139 Å². The number of benzene rings is 1. The number of likely N-dealkylation sites (N-methyl/N-ethyl adjacent to an activating group) is 1. The van der Waals surface area contributed by atoms with Crippen molar-refractivity contribution in [2.24, 2.45) is 0 Å². The van der Waals surface area contributed by atoms with E-state index in [-0.39, 0.29) is 6.10 Å². The van der Waals surface area contributed by atoms with Gasteiger partial charge in [-0.2, -0.15) is 0 Å². The molecule has 1 fully saturated rings. The largest absolute Gasteiger partial charge is 0.389 e. The van der Waals surface area contributed by atoms with Crippen LogP contribution in [0.25, 0.3) is 0 Å². The van der Waals surface area contributed by atoms with Gasteiger partial charge in [-0.15, -0.1) is 0 Å². The molecule has 1 aromatic carbocycles. The highest BCUT2D eigenvalue weighted by Crippen LogP contribution is 2.22. The van der Waals surface area contributed by atoms with Gasteiger partial charge in [-0.25, -0.2) is 0 Å². The Kier molecular flexibility index (Phi) is 7.30. The number of ether oxygens (including phenoxy) is 2. The molecule has 5 nitrogen and oxygen atoms in total. The van der Waals surface area contributed by atoms with Crippen LogP contribution in [0.2, 0.25) is 0 Å². The second kappa shape index (κ2) is 9.23. The third-order valence-electron chi connectivity index (χ3n) is 3.93. The second-order valence-electron chi connectivity index (χ2n) is 6.46. The Hall–Kier alpha value is -1.14. The van der Waals surface area contributed by atoms with Gasteiger partial charge in [0.25, 0.3) is 0 Å². The summed E-state index contributed by atoms with van der Waals surface area (Å²) >= 11 is 0. The van der Waals surface area contributed by atoms with E-state index >= 15 is 0 Å². The molecule has 23 heavy (non-hydrogen) atoms. The zero-order valence-electron chi connectivity index (χ0n) is 14.6. The lowest BCUT2D eigenvalue weighted by molar-refractivity contribution is -0.00634. The molecule has 1 N–H and O–H groups in total. The minimum atomic E-state index is -0.460. The van der Waals surface area contributed by atoms with E-state index in [1.165, 1.54) is 11.3 Å². The Morgan fingerprint density at radius 1 is 1.26 bits per heavy atom. The molecule has 1 aromatic rings. The zero-order chi connectivity index (χ0) is 16.7. The highest BCUT2D eigenvalue weighted by atomic mass is 16.5. The van der Waals surface area contributed by atoms with Crippen LogP contribution in [0.1, 0.15) is 19.4 Å². The van der Waals surface area contributed by atoms with Gasteiger partial charge in [-0.05, 0) is 32.5 Å². The van der Waals surface area contributed by atoms with E-state index in [4.69, 9.17) is 9.47 Å². The van der Waals surface area contributed by atoms with Crippen LogP contribution >= 0.6 is 0 Å². The SMILES string of the molecule is CC(C)OCC(O)CN(C)Cc1ccccc1N1CCOCC1. The van der Waals surface area contributed by atoms with E-state index in [2.05, 4.69) is 34.1 Å². The van der Waals surface area contributed by atoms with Gasteiger partial charge in [0.05, 0.1) is 32.0 Å². The quantitative estimate of drug-likeness (QED) is 0.790. The normalized spacial score (nSPS) is 17.0. The summed E-state index contributed by atoms with van der Waals surface area (Å²) in [5.41, 5.74) is 2.56. The minimum absolute atomic E-state index is 0.150. The van der Waals surface area contributed by atoms with Gasteiger partial charge in [-0.1, -0.05) is 18.2 Å². The summed E-state index contributed by atoms with van der Waals surface area (Å²) in [6.45, 7) is 9.20. The van der Waals surface area contributed by atoms with E-state index in [1.54, 1.807) is 0 Å². The van der Waals surface area contributed by atoms with Crippen LogP contribution in [-0.4, -0.2) is 68.7 Å². The lowest BCUT2D eigenvalue weighted by Crippen LogP contribution is -2.37. The third-order valence-corrected chi connectivity index (χ3v) is 3.93. The van der Waals surface area contributed by atoms with Crippen LogP contribution in [0, 0.1) is 0 Å². The van der Waals surface area contributed by atoms with Gasteiger partial charge in [-0.3, -0.25) is 4.90 Å². The maximum absolute atomic E-state index is 10.1. The first kappa shape index (κ1) is 18.2. The third kappa shape index (κ3) is 6.11. The molecular weight excluding hydrogens is 292 g/mol. The molecule has 1 unspecified atom stereocenters. The molecule has 0 radical (unpaired) electrons. The molecule has 1 atom stereocenters. The van der Waals surface area contributed by atoms with Crippen molar-refractivity contribution in [3.05, 3.63) is 29.8 Å². The predicted molar refractivity (Wildman–Crippen MR) is 92.9 cm³/mol. The molecule has 0 saturated carbocycles. The smallest absolute Gasteiger partial charge is 0.0900 e. The van der Waals surface area contributed by atoms with Crippen LogP contribution < -0.4 is 4.90 Å². The zero-order valence-corrected chi connectivity index (χ0v) is 14.6. The van der Waals surface area contributed by atoms with Crippen molar-refractivity contribution in [3.8, 4) is 0 Å². The molecule has 0 bridgehead atoms. The van der Waals surface area contributed by atoms with E-state index < -0.39 is 6.10 Å². The van der Waals surface area contributed by atoms with Crippen molar-refractivity contribution >= 4 is 5.69 Å². The molecule has 1 aliphatic heterocycles. The van der Waals surface area contributed by atoms with Gasteiger partial charge in [0.15, 0.2) is 0 Å². The molecule has 1 saturated heterocycles. The molecule has 5 heteroatoms. The van der Waals surface area contributed by atoms with Crippen LogP contribution in [0.3, 0.4) is 0 Å². The average Bonchev–Trinajstić information content (AvgIpc) is 2.54. The summed E-state index contributed by atoms with van der Waals surface area (Å²) in [6, 6.07) is 8.50. The Balaban J connectivity index is 1.91. The summed E-state index contributed by atoms with van der Waals surface area (Å²) in [5, 5.41) is 10.1. The van der Waals surface area contributed by atoms with E-state index in [9.17, 15) is 5.11 Å². The number of aliphatic hydroxyl groups excluding tert-OH is 1. The molecule has 0 spiro atoms. The van der Waals surface area contributed by atoms with Crippen molar-refractivity contribution in [1.29, 1.82) is 0 Å². The van der Waals surface area contributed by atoms with Gasteiger partial charge >= 0.3 is 0 Å². The summed E-state index contributed by atoms with van der Waals surface area (Å²) < 4.78 is 10.9. The standard InChI is InChI=1S/C18H30N2O3/c1-15(2)23-14-17(21)13-19(3)12-16-6-4-5-7-18(16)20-8-10-22-11-9-20/h4-7,15,17,21H,8-14H2,1-3H3. The number of hydrogen-bond acceptors (Lipinski definition) is 5. The summed E-state index contributed by atoms with van der Waals surface area (Å²) in [6.07, 6.45) is -0.310. The van der Waals surface area contributed by atoms with Crippen molar-refractivity contribution in [2.45, 2.75) is 32.6 Å². The van der Waals surface area contributed by atoms with Crippen molar-refractivity contribution in [3.63, 3.8) is 0 Å². The van der Waals surface area contributed by atoms with Crippen molar-refractivity contribution in [2.75, 3.05) is 51.4 Å².